The van der Waals surface area contributed by atoms with Crippen LogP contribution in [0.3, 0.4) is 0 Å². The fourth-order valence-corrected chi connectivity index (χ4v) is 3.10. The predicted octanol–water partition coefficient (Wildman–Crippen LogP) is 3.46. The van der Waals surface area contributed by atoms with Gasteiger partial charge in [-0.3, -0.25) is 4.57 Å². The Morgan fingerprint density at radius 2 is 1.94 bits per heavy atom. The highest BCUT2D eigenvalue weighted by atomic mass is 19.4. The van der Waals surface area contributed by atoms with Gasteiger partial charge in [-0.05, 0) is 37.3 Å². The van der Waals surface area contributed by atoms with Crippen LogP contribution in [0.4, 0.5) is 13.2 Å². The fourth-order valence-electron chi connectivity index (χ4n) is 3.10. The van der Waals surface area contributed by atoms with Gasteiger partial charge in [0, 0.05) is 18.8 Å². The summed E-state index contributed by atoms with van der Waals surface area (Å²) in [5.41, 5.74) is -0.342. The topological polar surface area (TPSA) is 91.4 Å². The second kappa shape index (κ2) is 9.19. The number of pyridine rings is 1. The van der Waals surface area contributed by atoms with Crippen molar-refractivity contribution in [3.8, 4) is 17.3 Å². The first-order valence-corrected chi connectivity index (χ1v) is 10.2. The van der Waals surface area contributed by atoms with E-state index in [1.54, 1.807) is 19.1 Å². The molecule has 2 aromatic heterocycles. The summed E-state index contributed by atoms with van der Waals surface area (Å²) in [7, 11) is 0. The van der Waals surface area contributed by atoms with E-state index < -0.39 is 24.6 Å². The Bertz CT molecular complexity index is 1150. The molecule has 0 amide bonds. The molecule has 1 N–H and O–H groups in total. The van der Waals surface area contributed by atoms with Crippen molar-refractivity contribution in [1.82, 2.24) is 19.3 Å². The molecule has 0 saturated heterocycles. The maximum atomic E-state index is 13.3. The van der Waals surface area contributed by atoms with Crippen LogP contribution in [0.25, 0.3) is 16.5 Å². The minimum atomic E-state index is -4.60. The summed E-state index contributed by atoms with van der Waals surface area (Å²) < 4.78 is 53.1. The number of ether oxygens (including phenoxy) is 2. The van der Waals surface area contributed by atoms with E-state index in [0.717, 1.165) is 11.6 Å². The van der Waals surface area contributed by atoms with Gasteiger partial charge < -0.3 is 14.6 Å². The quantitative estimate of drug-likeness (QED) is 0.561. The zero-order valence-corrected chi connectivity index (χ0v) is 18.2. The van der Waals surface area contributed by atoms with E-state index in [4.69, 9.17) is 9.47 Å². The number of aromatic nitrogens is 4. The Balaban J connectivity index is 2.23. The molecule has 0 radical (unpaired) electrons. The normalized spacial score (nSPS) is 13.0. The summed E-state index contributed by atoms with van der Waals surface area (Å²) in [4.78, 5) is 16.9. The summed E-state index contributed by atoms with van der Waals surface area (Å²) in [6, 6.07) is 4.46. The van der Waals surface area contributed by atoms with Gasteiger partial charge in [-0.15, -0.1) is 5.10 Å². The number of aliphatic hydroxyl groups is 1. The van der Waals surface area contributed by atoms with Crippen LogP contribution >= 0.6 is 0 Å². The average molecular weight is 454 g/mol. The number of alkyl halides is 3. The van der Waals surface area contributed by atoms with Gasteiger partial charge in [0.2, 0.25) is 5.88 Å². The molecule has 2 heterocycles. The predicted molar refractivity (Wildman–Crippen MR) is 111 cm³/mol. The molecule has 8 nitrogen and oxygen atoms in total. The van der Waals surface area contributed by atoms with Crippen molar-refractivity contribution < 1.29 is 27.8 Å². The van der Waals surface area contributed by atoms with E-state index in [9.17, 15) is 23.1 Å². The molecule has 0 fully saturated rings. The molecule has 1 atom stereocenters. The number of rotatable bonds is 8. The van der Waals surface area contributed by atoms with Gasteiger partial charge in [0.25, 0.3) is 0 Å². The van der Waals surface area contributed by atoms with E-state index in [1.807, 2.05) is 13.8 Å². The van der Waals surface area contributed by atoms with Crippen LogP contribution in [0.1, 0.15) is 33.5 Å². The lowest BCUT2D eigenvalue weighted by atomic mass is 10.1. The summed E-state index contributed by atoms with van der Waals surface area (Å²) >= 11 is 0. The number of aliphatic hydroxyl groups excluding tert-OH is 1. The standard InChI is InChI=1S/C21H25F3N4O4/c1-5-27-17(10-29)26-28(20(27)30)15-8-14-6-7-25-19(31-11-12(2)3)18(14)16(9-15)32-13(4)21(22,23)24/h6-9,12-13,29H,5,10-11H2,1-4H3. The summed E-state index contributed by atoms with van der Waals surface area (Å²) in [6.07, 6.45) is -5.25. The largest absolute Gasteiger partial charge is 0.480 e. The Kier molecular flexibility index (Phi) is 6.77. The maximum absolute atomic E-state index is 13.3. The molecule has 1 unspecified atom stereocenters. The molecule has 0 bridgehead atoms. The fraction of sp³-hybridized carbons (Fsp3) is 0.476. The van der Waals surface area contributed by atoms with Crippen LogP contribution in [0.5, 0.6) is 11.6 Å². The summed E-state index contributed by atoms with van der Waals surface area (Å²) in [5, 5.41) is 14.3. The van der Waals surface area contributed by atoms with Crippen LogP contribution in [-0.4, -0.2) is 43.3 Å². The monoisotopic (exact) mass is 454 g/mol. The second-order valence-electron chi connectivity index (χ2n) is 7.68. The lowest BCUT2D eigenvalue weighted by Crippen LogP contribution is -2.31. The van der Waals surface area contributed by atoms with Crippen LogP contribution < -0.4 is 15.2 Å². The molecule has 0 spiro atoms. The molecule has 0 saturated carbocycles. The van der Waals surface area contributed by atoms with Gasteiger partial charge in [0.05, 0.1) is 17.7 Å². The van der Waals surface area contributed by atoms with Crippen LogP contribution in [0, 0.1) is 5.92 Å². The first-order chi connectivity index (χ1) is 15.1. The number of hydrogen-bond acceptors (Lipinski definition) is 6. The Morgan fingerprint density at radius 3 is 2.50 bits per heavy atom. The molecular weight excluding hydrogens is 429 g/mol. The van der Waals surface area contributed by atoms with Crippen molar-refractivity contribution >= 4 is 10.8 Å². The maximum Gasteiger partial charge on any atom is 0.425 e. The molecule has 3 rings (SSSR count). The van der Waals surface area contributed by atoms with Crippen molar-refractivity contribution in [3.05, 3.63) is 40.7 Å². The van der Waals surface area contributed by atoms with E-state index in [2.05, 4.69) is 10.1 Å². The molecule has 3 aromatic rings. The number of fused-ring (bicyclic) bond motifs is 1. The first-order valence-electron chi connectivity index (χ1n) is 10.2. The van der Waals surface area contributed by atoms with Gasteiger partial charge in [-0.25, -0.2) is 9.78 Å². The lowest BCUT2D eigenvalue weighted by molar-refractivity contribution is -0.189. The molecule has 1 aromatic carbocycles. The Morgan fingerprint density at radius 1 is 1.22 bits per heavy atom. The van der Waals surface area contributed by atoms with Gasteiger partial charge in [0.1, 0.15) is 12.4 Å². The highest BCUT2D eigenvalue weighted by molar-refractivity contribution is 5.94. The average Bonchev–Trinajstić information content (AvgIpc) is 3.06. The molecule has 0 aliphatic carbocycles. The SMILES string of the molecule is CCn1c(CO)nn(-c2cc(OC(C)C(F)(F)F)c3c(OCC(C)C)nccc3c2)c1=O. The number of halogens is 3. The third-order valence-corrected chi connectivity index (χ3v) is 4.74. The minimum absolute atomic E-state index is 0.134. The van der Waals surface area contributed by atoms with Gasteiger partial charge in [-0.2, -0.15) is 17.9 Å². The number of hydrogen-bond donors (Lipinski definition) is 1. The van der Waals surface area contributed by atoms with Gasteiger partial charge >= 0.3 is 11.9 Å². The lowest BCUT2D eigenvalue weighted by Gasteiger charge is -2.20. The molecule has 174 valence electrons. The van der Waals surface area contributed by atoms with Crippen molar-refractivity contribution in [2.75, 3.05) is 6.61 Å². The Hall–Kier alpha value is -3.08. The van der Waals surface area contributed by atoms with E-state index >= 15 is 0 Å². The Labute approximate surface area is 182 Å². The third-order valence-electron chi connectivity index (χ3n) is 4.74. The van der Waals surface area contributed by atoms with Crippen LogP contribution in [-0.2, 0) is 13.2 Å². The summed E-state index contributed by atoms with van der Waals surface area (Å²) in [6.45, 7) is 6.59. The molecule has 11 heteroatoms. The second-order valence-corrected chi connectivity index (χ2v) is 7.68. The number of benzene rings is 1. The van der Waals surface area contributed by atoms with Crippen molar-refractivity contribution in [1.29, 1.82) is 0 Å². The van der Waals surface area contributed by atoms with Crippen molar-refractivity contribution in [2.24, 2.45) is 5.92 Å². The zero-order chi connectivity index (χ0) is 23.6. The van der Waals surface area contributed by atoms with E-state index in [-0.39, 0.29) is 41.0 Å². The molecule has 32 heavy (non-hydrogen) atoms. The van der Waals surface area contributed by atoms with E-state index in [0.29, 0.717) is 12.0 Å². The summed E-state index contributed by atoms with van der Waals surface area (Å²) in [5.74, 6) is 0.296. The minimum Gasteiger partial charge on any atom is -0.480 e. The highest BCUT2D eigenvalue weighted by Gasteiger charge is 2.38. The van der Waals surface area contributed by atoms with Crippen LogP contribution in [0.2, 0.25) is 0 Å². The molecule has 0 aliphatic rings. The molecule has 0 aliphatic heterocycles. The highest BCUT2D eigenvalue weighted by Crippen LogP contribution is 2.37. The van der Waals surface area contributed by atoms with Gasteiger partial charge in [-0.1, -0.05) is 13.8 Å². The first kappa shape index (κ1) is 23.6. The zero-order valence-electron chi connectivity index (χ0n) is 18.2. The third kappa shape index (κ3) is 4.72. The number of nitrogens with zero attached hydrogens (tertiary/aromatic N) is 4. The van der Waals surface area contributed by atoms with Crippen molar-refractivity contribution in [3.63, 3.8) is 0 Å². The smallest absolute Gasteiger partial charge is 0.425 e. The van der Waals surface area contributed by atoms with Gasteiger partial charge in [0.15, 0.2) is 11.9 Å². The van der Waals surface area contributed by atoms with Crippen molar-refractivity contribution in [2.45, 2.75) is 53.1 Å². The van der Waals surface area contributed by atoms with Crippen LogP contribution in [0.15, 0.2) is 29.2 Å². The van der Waals surface area contributed by atoms with E-state index in [1.165, 1.54) is 16.8 Å². The molecular formula is C21H25F3N4O4.